The first-order valence-corrected chi connectivity index (χ1v) is 10.9. The second-order valence-electron chi connectivity index (χ2n) is 6.74. The van der Waals surface area contributed by atoms with Gasteiger partial charge in [-0.1, -0.05) is 13.8 Å². The number of hydrazine groups is 1. The number of amides is 2. The zero-order chi connectivity index (χ0) is 23.5. The summed E-state index contributed by atoms with van der Waals surface area (Å²) in [4.78, 5) is 27.2. The lowest BCUT2D eigenvalue weighted by Gasteiger charge is -2.17. The Balaban J connectivity index is 2.10. The van der Waals surface area contributed by atoms with E-state index < -0.39 is 11.8 Å². The summed E-state index contributed by atoms with van der Waals surface area (Å²) in [6.45, 7) is 13.2. The minimum absolute atomic E-state index is 0.115. The largest absolute Gasteiger partial charge is 0.490 e. The molecular formula is C23H33N3O6. The molecule has 32 heavy (non-hydrogen) atoms. The molecule has 0 aliphatic carbocycles. The first-order chi connectivity index (χ1) is 15.5. The maximum absolute atomic E-state index is 12.7. The molecule has 1 heterocycles. The number of ether oxygens (including phenoxy) is 3. The third-order valence-corrected chi connectivity index (χ3v) is 4.62. The van der Waals surface area contributed by atoms with Crippen LogP contribution in [0.4, 0.5) is 0 Å². The molecule has 2 rings (SSSR count). The SMILES string of the molecule is CCOc1cc(C(=O)NNC(=O)c2ccc(CN(CC)CC)o2)cc(OCC)c1OCC. The number of rotatable bonds is 12. The van der Waals surface area contributed by atoms with Crippen molar-refractivity contribution in [3.05, 3.63) is 41.3 Å². The predicted octanol–water partition coefficient (Wildman–Crippen LogP) is 3.39. The van der Waals surface area contributed by atoms with Crippen molar-refractivity contribution in [3.63, 3.8) is 0 Å². The van der Waals surface area contributed by atoms with Gasteiger partial charge in [0.25, 0.3) is 5.91 Å². The second kappa shape index (κ2) is 12.6. The van der Waals surface area contributed by atoms with E-state index in [1.165, 1.54) is 0 Å². The minimum Gasteiger partial charge on any atom is -0.490 e. The molecule has 0 saturated carbocycles. The van der Waals surface area contributed by atoms with Gasteiger partial charge in [-0.25, -0.2) is 0 Å². The summed E-state index contributed by atoms with van der Waals surface area (Å²) < 4.78 is 22.5. The normalized spacial score (nSPS) is 10.7. The quantitative estimate of drug-likeness (QED) is 0.481. The number of hydrogen-bond acceptors (Lipinski definition) is 7. The average Bonchev–Trinajstić information content (AvgIpc) is 3.26. The van der Waals surface area contributed by atoms with E-state index in [0.717, 1.165) is 13.1 Å². The summed E-state index contributed by atoms with van der Waals surface area (Å²) in [6.07, 6.45) is 0. The van der Waals surface area contributed by atoms with E-state index in [0.29, 0.717) is 49.4 Å². The standard InChI is InChI=1S/C23H33N3O6/c1-6-26(7-2)15-17-11-12-18(32-17)23(28)25-24-22(27)16-13-19(29-8-3)21(31-10-5)20(14-16)30-9-4/h11-14H,6-10,15H2,1-5H3,(H,24,27)(H,25,28). The highest BCUT2D eigenvalue weighted by Crippen LogP contribution is 2.39. The number of carbonyl (C=O) groups excluding carboxylic acids is 2. The first-order valence-electron chi connectivity index (χ1n) is 10.9. The first kappa shape index (κ1) is 25.1. The van der Waals surface area contributed by atoms with Gasteiger partial charge in [-0.2, -0.15) is 0 Å². The zero-order valence-electron chi connectivity index (χ0n) is 19.4. The molecule has 176 valence electrons. The van der Waals surface area contributed by atoms with Crippen molar-refractivity contribution in [1.82, 2.24) is 15.8 Å². The number of nitrogens with zero attached hydrogens (tertiary/aromatic N) is 1. The van der Waals surface area contributed by atoms with Crippen molar-refractivity contribution < 1.29 is 28.2 Å². The Hall–Kier alpha value is -3.20. The molecule has 0 fully saturated rings. The molecule has 9 heteroatoms. The molecule has 0 spiro atoms. The van der Waals surface area contributed by atoms with E-state index >= 15 is 0 Å². The van der Waals surface area contributed by atoms with Crippen LogP contribution in [0.2, 0.25) is 0 Å². The summed E-state index contributed by atoms with van der Waals surface area (Å²) in [5.41, 5.74) is 5.03. The van der Waals surface area contributed by atoms with E-state index in [1.54, 1.807) is 24.3 Å². The highest BCUT2D eigenvalue weighted by molar-refractivity contribution is 5.98. The molecule has 2 aromatic rings. The van der Waals surface area contributed by atoms with Gasteiger partial charge in [0, 0.05) is 5.56 Å². The number of carbonyl (C=O) groups is 2. The van der Waals surface area contributed by atoms with Gasteiger partial charge < -0.3 is 18.6 Å². The Bertz CT molecular complexity index is 865. The van der Waals surface area contributed by atoms with Gasteiger partial charge in [-0.3, -0.25) is 25.3 Å². The van der Waals surface area contributed by atoms with Gasteiger partial charge in [-0.05, 0) is 58.1 Å². The maximum atomic E-state index is 12.7. The summed E-state index contributed by atoms with van der Waals surface area (Å²) in [5, 5.41) is 0. The van der Waals surface area contributed by atoms with E-state index in [2.05, 4.69) is 29.6 Å². The summed E-state index contributed by atoms with van der Waals surface area (Å²) >= 11 is 0. The lowest BCUT2D eigenvalue weighted by Crippen LogP contribution is -2.41. The molecule has 0 saturated heterocycles. The summed E-state index contributed by atoms with van der Waals surface area (Å²) in [7, 11) is 0. The van der Waals surface area contributed by atoms with Gasteiger partial charge in [-0.15, -0.1) is 0 Å². The smallest absolute Gasteiger partial charge is 0.305 e. The topological polar surface area (TPSA) is 102 Å². The van der Waals surface area contributed by atoms with Crippen LogP contribution in [-0.2, 0) is 6.54 Å². The molecule has 0 radical (unpaired) electrons. The Morgan fingerprint density at radius 2 is 1.41 bits per heavy atom. The van der Waals surface area contributed by atoms with Crippen molar-refractivity contribution >= 4 is 11.8 Å². The molecule has 0 aliphatic heterocycles. The zero-order valence-corrected chi connectivity index (χ0v) is 19.4. The van der Waals surface area contributed by atoms with E-state index in [-0.39, 0.29) is 11.3 Å². The minimum atomic E-state index is -0.551. The van der Waals surface area contributed by atoms with E-state index in [9.17, 15) is 9.59 Å². The molecule has 1 aromatic heterocycles. The summed E-state index contributed by atoms with van der Waals surface area (Å²) in [6, 6.07) is 6.43. The average molecular weight is 448 g/mol. The third kappa shape index (κ3) is 6.65. The fourth-order valence-electron chi connectivity index (χ4n) is 3.02. The Morgan fingerprint density at radius 1 is 0.844 bits per heavy atom. The molecular weight excluding hydrogens is 414 g/mol. The lowest BCUT2D eigenvalue weighted by atomic mass is 10.1. The van der Waals surface area contributed by atoms with Gasteiger partial charge >= 0.3 is 5.91 Å². The van der Waals surface area contributed by atoms with E-state index in [4.69, 9.17) is 18.6 Å². The second-order valence-corrected chi connectivity index (χ2v) is 6.74. The van der Waals surface area contributed by atoms with Crippen LogP contribution in [-0.4, -0.2) is 49.6 Å². The molecule has 0 bridgehead atoms. The van der Waals surface area contributed by atoms with Crippen molar-refractivity contribution in [2.45, 2.75) is 41.2 Å². The van der Waals surface area contributed by atoms with Gasteiger partial charge in [0.1, 0.15) is 5.76 Å². The molecule has 0 unspecified atom stereocenters. The van der Waals surface area contributed by atoms with Crippen LogP contribution >= 0.6 is 0 Å². The molecule has 2 N–H and O–H groups in total. The summed E-state index contributed by atoms with van der Waals surface area (Å²) in [5.74, 6) is 0.938. The predicted molar refractivity (Wildman–Crippen MR) is 120 cm³/mol. The molecule has 9 nitrogen and oxygen atoms in total. The number of benzene rings is 1. The molecule has 0 atom stereocenters. The van der Waals surface area contributed by atoms with Crippen LogP contribution < -0.4 is 25.1 Å². The van der Waals surface area contributed by atoms with Crippen LogP contribution in [0.1, 0.15) is 61.3 Å². The van der Waals surface area contributed by atoms with Gasteiger partial charge in [0.15, 0.2) is 17.3 Å². The van der Waals surface area contributed by atoms with Crippen molar-refractivity contribution in [3.8, 4) is 17.2 Å². The lowest BCUT2D eigenvalue weighted by molar-refractivity contribution is 0.0828. The van der Waals surface area contributed by atoms with E-state index in [1.807, 2.05) is 20.8 Å². The number of furan rings is 1. The van der Waals surface area contributed by atoms with Crippen LogP contribution in [0.25, 0.3) is 0 Å². The third-order valence-electron chi connectivity index (χ3n) is 4.62. The van der Waals surface area contributed by atoms with Crippen LogP contribution in [0, 0.1) is 0 Å². The highest BCUT2D eigenvalue weighted by atomic mass is 16.5. The van der Waals surface area contributed by atoms with Crippen LogP contribution in [0.3, 0.4) is 0 Å². The molecule has 1 aromatic carbocycles. The maximum Gasteiger partial charge on any atom is 0.305 e. The van der Waals surface area contributed by atoms with Crippen LogP contribution in [0.15, 0.2) is 28.7 Å². The molecule has 2 amide bonds. The fourth-order valence-corrected chi connectivity index (χ4v) is 3.02. The highest BCUT2D eigenvalue weighted by Gasteiger charge is 2.19. The number of hydrogen-bond donors (Lipinski definition) is 2. The monoisotopic (exact) mass is 447 g/mol. The fraction of sp³-hybridized carbons (Fsp3) is 0.478. The van der Waals surface area contributed by atoms with Crippen LogP contribution in [0.5, 0.6) is 17.2 Å². The number of nitrogens with one attached hydrogen (secondary N) is 2. The van der Waals surface area contributed by atoms with Crippen molar-refractivity contribution in [2.75, 3.05) is 32.9 Å². The molecule has 0 aliphatic rings. The Kier molecular flexibility index (Phi) is 9.87. The van der Waals surface area contributed by atoms with Gasteiger partial charge in [0.05, 0.1) is 26.4 Å². The Labute approximate surface area is 189 Å². The van der Waals surface area contributed by atoms with Crippen molar-refractivity contribution in [2.24, 2.45) is 0 Å². The van der Waals surface area contributed by atoms with Gasteiger partial charge in [0.2, 0.25) is 5.75 Å². The van der Waals surface area contributed by atoms with Crippen molar-refractivity contribution in [1.29, 1.82) is 0 Å². The Morgan fingerprint density at radius 3 is 1.94 bits per heavy atom.